The van der Waals surface area contributed by atoms with Gasteiger partial charge in [0.25, 0.3) is 0 Å². The highest BCUT2D eigenvalue weighted by atomic mass is 32.2. The van der Waals surface area contributed by atoms with Crippen LogP contribution in [0.3, 0.4) is 0 Å². The van der Waals surface area contributed by atoms with Crippen molar-refractivity contribution in [2.24, 2.45) is 0 Å². The van der Waals surface area contributed by atoms with Crippen molar-refractivity contribution in [2.75, 3.05) is 24.2 Å². The monoisotopic (exact) mass is 313 g/mol. The first kappa shape index (κ1) is 15.7. The molecule has 1 N–H and O–H groups in total. The van der Waals surface area contributed by atoms with E-state index >= 15 is 0 Å². The Labute approximate surface area is 124 Å². The van der Waals surface area contributed by atoms with Crippen LogP contribution in [-0.2, 0) is 14.6 Å². The molecule has 0 spiro atoms. The third-order valence-corrected chi connectivity index (χ3v) is 5.70. The standard InChI is InChI=1S/C13H19N3O4S/c1-3-20-12(17)11-8-15-13(16-9(11)2)14-7-10-5-4-6-21(10,18)19/h8,10H,3-7H2,1-2H3,(H,14,15,16). The summed E-state index contributed by atoms with van der Waals surface area (Å²) < 4.78 is 28.3. The van der Waals surface area contributed by atoms with Crippen molar-refractivity contribution in [1.82, 2.24) is 9.97 Å². The van der Waals surface area contributed by atoms with Gasteiger partial charge in [-0.25, -0.2) is 23.2 Å². The number of aromatic nitrogens is 2. The van der Waals surface area contributed by atoms with Gasteiger partial charge in [-0.05, 0) is 26.7 Å². The smallest absolute Gasteiger partial charge is 0.341 e. The van der Waals surface area contributed by atoms with Crippen molar-refractivity contribution in [3.8, 4) is 0 Å². The maximum Gasteiger partial charge on any atom is 0.341 e. The van der Waals surface area contributed by atoms with Crippen LogP contribution in [0.4, 0.5) is 5.95 Å². The summed E-state index contributed by atoms with van der Waals surface area (Å²) in [5.41, 5.74) is 0.816. The Hall–Kier alpha value is -1.70. The Bertz CT molecular complexity index is 630. The molecule has 1 aromatic rings. The lowest BCUT2D eigenvalue weighted by Crippen LogP contribution is -2.26. The number of nitrogens with one attached hydrogen (secondary N) is 1. The zero-order valence-corrected chi connectivity index (χ0v) is 12.9. The Morgan fingerprint density at radius 3 is 2.86 bits per heavy atom. The number of nitrogens with zero attached hydrogens (tertiary/aromatic N) is 2. The van der Waals surface area contributed by atoms with E-state index < -0.39 is 15.8 Å². The number of hydrogen-bond acceptors (Lipinski definition) is 7. The molecule has 2 rings (SSSR count). The largest absolute Gasteiger partial charge is 0.462 e. The van der Waals surface area contributed by atoms with Gasteiger partial charge in [0, 0.05) is 12.7 Å². The molecule has 1 atom stereocenters. The zero-order chi connectivity index (χ0) is 15.5. The van der Waals surface area contributed by atoms with Crippen molar-refractivity contribution in [1.29, 1.82) is 0 Å². The van der Waals surface area contributed by atoms with E-state index in [1.165, 1.54) is 6.20 Å². The van der Waals surface area contributed by atoms with Crippen LogP contribution >= 0.6 is 0 Å². The molecule has 1 aliphatic heterocycles. The molecule has 0 aliphatic carbocycles. The number of rotatable bonds is 5. The molecule has 0 aromatic carbocycles. The molecule has 1 aliphatic rings. The predicted molar refractivity (Wildman–Crippen MR) is 78.0 cm³/mol. The topological polar surface area (TPSA) is 98.2 Å². The van der Waals surface area contributed by atoms with Crippen LogP contribution in [0.1, 0.15) is 35.8 Å². The lowest BCUT2D eigenvalue weighted by atomic mass is 10.2. The van der Waals surface area contributed by atoms with E-state index in [0.717, 1.165) is 0 Å². The van der Waals surface area contributed by atoms with Crippen molar-refractivity contribution in [3.63, 3.8) is 0 Å². The van der Waals surface area contributed by atoms with E-state index in [0.29, 0.717) is 36.6 Å². The fourth-order valence-electron chi connectivity index (χ4n) is 2.25. The Kier molecular flexibility index (Phi) is 4.76. The van der Waals surface area contributed by atoms with Gasteiger partial charge in [-0.2, -0.15) is 0 Å². The summed E-state index contributed by atoms with van der Waals surface area (Å²) in [6, 6.07) is 0. The number of hydrogen-bond donors (Lipinski definition) is 1. The van der Waals surface area contributed by atoms with E-state index in [-0.39, 0.29) is 17.6 Å². The fraction of sp³-hybridized carbons (Fsp3) is 0.615. The first-order valence-electron chi connectivity index (χ1n) is 6.90. The second-order valence-corrected chi connectivity index (χ2v) is 7.33. The number of anilines is 1. The molecular weight excluding hydrogens is 294 g/mol. The highest BCUT2D eigenvalue weighted by molar-refractivity contribution is 7.92. The van der Waals surface area contributed by atoms with Gasteiger partial charge in [-0.3, -0.25) is 0 Å². The first-order valence-corrected chi connectivity index (χ1v) is 8.61. The van der Waals surface area contributed by atoms with Gasteiger partial charge in [0.05, 0.1) is 28.9 Å². The summed E-state index contributed by atoms with van der Waals surface area (Å²) >= 11 is 0. The highest BCUT2D eigenvalue weighted by Gasteiger charge is 2.31. The van der Waals surface area contributed by atoms with Crippen LogP contribution in [0.2, 0.25) is 0 Å². The minimum absolute atomic E-state index is 0.251. The molecule has 8 heteroatoms. The quantitative estimate of drug-likeness (QED) is 0.808. The maximum atomic E-state index is 11.7. The van der Waals surface area contributed by atoms with Crippen LogP contribution in [0.25, 0.3) is 0 Å². The zero-order valence-electron chi connectivity index (χ0n) is 12.1. The van der Waals surface area contributed by atoms with Gasteiger partial charge in [0.1, 0.15) is 0 Å². The third kappa shape index (κ3) is 3.69. The second kappa shape index (κ2) is 6.38. The molecule has 21 heavy (non-hydrogen) atoms. The van der Waals surface area contributed by atoms with Gasteiger partial charge in [0.15, 0.2) is 9.84 Å². The minimum atomic E-state index is -2.99. The number of aryl methyl sites for hydroxylation is 1. The Morgan fingerprint density at radius 1 is 1.52 bits per heavy atom. The summed E-state index contributed by atoms with van der Waals surface area (Å²) in [6.45, 7) is 4.00. The van der Waals surface area contributed by atoms with Gasteiger partial charge in [-0.1, -0.05) is 0 Å². The second-order valence-electron chi connectivity index (χ2n) is 4.93. The molecule has 2 heterocycles. The van der Waals surface area contributed by atoms with Gasteiger partial charge < -0.3 is 10.1 Å². The van der Waals surface area contributed by atoms with Crippen LogP contribution in [0.5, 0.6) is 0 Å². The van der Waals surface area contributed by atoms with Gasteiger partial charge in [0.2, 0.25) is 5.95 Å². The average molecular weight is 313 g/mol. The van der Waals surface area contributed by atoms with E-state index in [4.69, 9.17) is 4.74 Å². The molecule has 0 radical (unpaired) electrons. The average Bonchev–Trinajstić information content (AvgIpc) is 2.75. The van der Waals surface area contributed by atoms with E-state index in [1.54, 1.807) is 13.8 Å². The molecule has 116 valence electrons. The number of carbonyl (C=O) groups excluding carboxylic acids is 1. The number of ether oxygens (including phenoxy) is 1. The Morgan fingerprint density at radius 2 is 2.29 bits per heavy atom. The summed E-state index contributed by atoms with van der Waals surface area (Å²) in [5, 5.41) is 2.54. The van der Waals surface area contributed by atoms with E-state index in [1.807, 2.05) is 0 Å². The Balaban J connectivity index is 2.02. The normalized spacial score (nSPS) is 20.2. The van der Waals surface area contributed by atoms with E-state index in [2.05, 4.69) is 15.3 Å². The van der Waals surface area contributed by atoms with Crippen molar-refractivity contribution >= 4 is 21.8 Å². The van der Waals surface area contributed by atoms with E-state index in [9.17, 15) is 13.2 Å². The van der Waals surface area contributed by atoms with Crippen molar-refractivity contribution in [2.45, 2.75) is 31.9 Å². The summed E-state index contributed by atoms with van der Waals surface area (Å²) in [4.78, 5) is 19.8. The number of sulfone groups is 1. The van der Waals surface area contributed by atoms with Crippen LogP contribution in [0, 0.1) is 6.92 Å². The number of carbonyl (C=O) groups is 1. The van der Waals surface area contributed by atoms with Crippen LogP contribution < -0.4 is 5.32 Å². The van der Waals surface area contributed by atoms with Crippen molar-refractivity contribution < 1.29 is 17.9 Å². The summed E-state index contributed by atoms with van der Waals surface area (Å²) in [5.74, 6) is 0.115. The molecule has 0 amide bonds. The van der Waals surface area contributed by atoms with Crippen LogP contribution in [-0.4, -0.2) is 48.5 Å². The molecule has 1 saturated heterocycles. The highest BCUT2D eigenvalue weighted by Crippen LogP contribution is 2.20. The molecule has 0 saturated carbocycles. The van der Waals surface area contributed by atoms with Crippen LogP contribution in [0.15, 0.2) is 6.20 Å². The SMILES string of the molecule is CCOC(=O)c1cnc(NCC2CCCS2(=O)=O)nc1C. The fourth-order valence-corrected chi connectivity index (χ4v) is 4.02. The molecule has 0 bridgehead atoms. The lowest BCUT2D eigenvalue weighted by molar-refractivity contribution is 0.0524. The lowest BCUT2D eigenvalue weighted by Gasteiger charge is -2.11. The maximum absolute atomic E-state index is 11.7. The molecular formula is C13H19N3O4S. The van der Waals surface area contributed by atoms with Crippen molar-refractivity contribution in [3.05, 3.63) is 17.5 Å². The number of esters is 1. The predicted octanol–water partition coefficient (Wildman–Crippen LogP) is 0.951. The molecule has 1 fully saturated rings. The third-order valence-electron chi connectivity index (χ3n) is 3.43. The molecule has 1 unspecified atom stereocenters. The summed E-state index contributed by atoms with van der Waals surface area (Å²) in [7, 11) is -2.99. The first-order chi connectivity index (χ1) is 9.94. The van der Waals surface area contributed by atoms with Gasteiger partial charge >= 0.3 is 5.97 Å². The van der Waals surface area contributed by atoms with Gasteiger partial charge in [-0.15, -0.1) is 0 Å². The summed E-state index contributed by atoms with van der Waals surface area (Å²) in [6.07, 6.45) is 2.76. The minimum Gasteiger partial charge on any atom is -0.462 e. The molecule has 7 nitrogen and oxygen atoms in total. The molecule has 1 aromatic heterocycles.